The third-order valence-electron chi connectivity index (χ3n) is 4.00. The highest BCUT2D eigenvalue weighted by Crippen LogP contribution is 2.39. The molecule has 0 radical (unpaired) electrons. The standard InChI is InChI=1S/C13H20N2O4S/c1-2-4-7(16)11-10(18)9(17)8-12(19-11)20-13(14-8)15-5-3-6-15/h2,7-12,16-18H,1,3-6H2/t7-,8-,9-,10+,11-,12-/m1/s1. The van der Waals surface area contributed by atoms with Crippen molar-refractivity contribution in [1.29, 1.82) is 0 Å². The molecule has 6 nitrogen and oxygen atoms in total. The van der Waals surface area contributed by atoms with Gasteiger partial charge in [0.15, 0.2) is 5.17 Å². The van der Waals surface area contributed by atoms with E-state index < -0.39 is 30.5 Å². The maximum Gasteiger partial charge on any atom is 0.162 e. The molecule has 0 spiro atoms. The molecule has 0 amide bonds. The first kappa shape index (κ1) is 14.3. The fraction of sp³-hybridized carbons (Fsp3) is 0.769. The summed E-state index contributed by atoms with van der Waals surface area (Å²) >= 11 is 1.47. The molecule has 0 aromatic heterocycles. The minimum Gasteiger partial charge on any atom is -0.390 e. The third-order valence-corrected chi connectivity index (χ3v) is 5.20. The normalized spacial score (nSPS) is 41.6. The van der Waals surface area contributed by atoms with Crippen molar-refractivity contribution in [3.63, 3.8) is 0 Å². The predicted molar refractivity (Wildman–Crippen MR) is 76.5 cm³/mol. The number of thioether (sulfide) groups is 1. The Morgan fingerprint density at radius 2 is 2.20 bits per heavy atom. The molecular weight excluding hydrogens is 280 g/mol. The summed E-state index contributed by atoms with van der Waals surface area (Å²) in [5.74, 6) is 0. The van der Waals surface area contributed by atoms with Gasteiger partial charge in [0.05, 0.1) is 6.10 Å². The molecule has 0 aromatic rings. The zero-order valence-electron chi connectivity index (χ0n) is 11.1. The van der Waals surface area contributed by atoms with Crippen LogP contribution >= 0.6 is 11.8 Å². The molecule has 6 atom stereocenters. The maximum atomic E-state index is 10.2. The van der Waals surface area contributed by atoms with E-state index in [0.717, 1.165) is 24.7 Å². The Labute approximate surface area is 122 Å². The van der Waals surface area contributed by atoms with Crippen LogP contribution in [0.4, 0.5) is 0 Å². The number of ether oxygens (including phenoxy) is 1. The van der Waals surface area contributed by atoms with Gasteiger partial charge in [-0.3, -0.25) is 4.99 Å². The smallest absolute Gasteiger partial charge is 0.162 e. The number of aliphatic hydroxyl groups excluding tert-OH is 3. The van der Waals surface area contributed by atoms with Gasteiger partial charge in [-0.2, -0.15) is 0 Å². The Morgan fingerprint density at radius 1 is 1.45 bits per heavy atom. The van der Waals surface area contributed by atoms with E-state index in [1.807, 2.05) is 0 Å². The number of nitrogens with zero attached hydrogens (tertiary/aromatic N) is 2. The lowest BCUT2D eigenvalue weighted by Crippen LogP contribution is -2.58. The zero-order chi connectivity index (χ0) is 14.3. The van der Waals surface area contributed by atoms with Gasteiger partial charge in [0, 0.05) is 13.1 Å². The number of rotatable bonds is 3. The fourth-order valence-corrected chi connectivity index (χ4v) is 3.92. The van der Waals surface area contributed by atoms with Crippen molar-refractivity contribution >= 4 is 16.9 Å². The van der Waals surface area contributed by atoms with Gasteiger partial charge < -0.3 is 25.0 Å². The van der Waals surface area contributed by atoms with Crippen molar-refractivity contribution in [2.45, 2.75) is 48.7 Å². The first-order valence-electron chi connectivity index (χ1n) is 6.92. The monoisotopic (exact) mass is 300 g/mol. The van der Waals surface area contributed by atoms with E-state index in [0.29, 0.717) is 6.42 Å². The SMILES string of the molecule is C=CC[C@@H](O)[C@H]1O[C@@H]2SC(N3CCC3)=N[C@@H]2[C@@H](O)[C@@H]1O. The summed E-state index contributed by atoms with van der Waals surface area (Å²) < 4.78 is 5.77. The Bertz CT molecular complexity index is 415. The molecule has 20 heavy (non-hydrogen) atoms. The van der Waals surface area contributed by atoms with Gasteiger partial charge in [-0.25, -0.2) is 0 Å². The quantitative estimate of drug-likeness (QED) is 0.612. The van der Waals surface area contributed by atoms with Crippen LogP contribution in [0.15, 0.2) is 17.6 Å². The van der Waals surface area contributed by atoms with E-state index in [1.165, 1.54) is 11.8 Å². The summed E-state index contributed by atoms with van der Waals surface area (Å²) in [4.78, 5) is 6.61. The number of hydrogen-bond acceptors (Lipinski definition) is 7. The van der Waals surface area contributed by atoms with Crippen LogP contribution in [0.3, 0.4) is 0 Å². The maximum absolute atomic E-state index is 10.2. The number of aliphatic imine (C=N–C) groups is 1. The molecule has 3 heterocycles. The van der Waals surface area contributed by atoms with E-state index in [9.17, 15) is 15.3 Å². The fourth-order valence-electron chi connectivity index (χ4n) is 2.66. The second-order valence-corrected chi connectivity index (χ2v) is 6.47. The van der Waals surface area contributed by atoms with Crippen LogP contribution in [0.1, 0.15) is 12.8 Å². The van der Waals surface area contributed by atoms with Gasteiger partial charge in [-0.1, -0.05) is 17.8 Å². The molecule has 3 aliphatic rings. The first-order valence-corrected chi connectivity index (χ1v) is 7.79. The Morgan fingerprint density at radius 3 is 2.80 bits per heavy atom. The van der Waals surface area contributed by atoms with Gasteiger partial charge in [-0.05, 0) is 12.8 Å². The molecule has 2 saturated heterocycles. The summed E-state index contributed by atoms with van der Waals surface area (Å²) in [5, 5.41) is 31.2. The molecule has 3 N–H and O–H groups in total. The predicted octanol–water partition coefficient (Wildman–Crippen LogP) is -0.453. The summed E-state index contributed by atoms with van der Waals surface area (Å²) in [7, 11) is 0. The van der Waals surface area contributed by atoms with Crippen molar-refractivity contribution in [3.8, 4) is 0 Å². The molecule has 7 heteroatoms. The molecule has 2 fully saturated rings. The Balaban J connectivity index is 1.71. The average molecular weight is 300 g/mol. The second-order valence-electron chi connectivity index (χ2n) is 5.40. The van der Waals surface area contributed by atoms with Crippen LogP contribution in [-0.4, -0.2) is 74.4 Å². The topological polar surface area (TPSA) is 85.5 Å². The van der Waals surface area contributed by atoms with Crippen LogP contribution in [0, 0.1) is 0 Å². The van der Waals surface area contributed by atoms with Gasteiger partial charge in [0.2, 0.25) is 0 Å². The zero-order valence-corrected chi connectivity index (χ0v) is 11.9. The van der Waals surface area contributed by atoms with Crippen molar-refractivity contribution in [1.82, 2.24) is 4.90 Å². The van der Waals surface area contributed by atoms with Gasteiger partial charge in [-0.15, -0.1) is 6.58 Å². The van der Waals surface area contributed by atoms with Crippen LogP contribution in [0.2, 0.25) is 0 Å². The minimum atomic E-state index is -1.13. The summed E-state index contributed by atoms with van der Waals surface area (Å²) in [6.45, 7) is 5.52. The molecule has 0 saturated carbocycles. The highest BCUT2D eigenvalue weighted by molar-refractivity contribution is 8.14. The number of likely N-dealkylation sites (tertiary alicyclic amines) is 1. The van der Waals surface area contributed by atoms with Crippen molar-refractivity contribution in [2.24, 2.45) is 4.99 Å². The number of fused-ring (bicyclic) bond motifs is 1. The molecule has 0 aromatic carbocycles. The number of aliphatic hydroxyl groups is 3. The lowest BCUT2D eigenvalue weighted by molar-refractivity contribution is -0.184. The van der Waals surface area contributed by atoms with Gasteiger partial charge >= 0.3 is 0 Å². The van der Waals surface area contributed by atoms with Gasteiger partial charge in [0.1, 0.15) is 29.8 Å². The average Bonchev–Trinajstić information content (AvgIpc) is 2.75. The lowest BCUT2D eigenvalue weighted by atomic mass is 9.94. The van der Waals surface area contributed by atoms with Crippen LogP contribution < -0.4 is 0 Å². The van der Waals surface area contributed by atoms with E-state index >= 15 is 0 Å². The Hall–Kier alpha value is -0.600. The minimum absolute atomic E-state index is 0.316. The highest BCUT2D eigenvalue weighted by Gasteiger charge is 2.50. The third kappa shape index (κ3) is 2.37. The first-order chi connectivity index (χ1) is 9.61. The van der Waals surface area contributed by atoms with Gasteiger partial charge in [0.25, 0.3) is 0 Å². The molecule has 0 aliphatic carbocycles. The molecule has 3 rings (SSSR count). The summed E-state index contributed by atoms with van der Waals surface area (Å²) in [6, 6.07) is -0.460. The molecule has 0 unspecified atom stereocenters. The van der Waals surface area contributed by atoms with Crippen LogP contribution in [0.5, 0.6) is 0 Å². The van der Waals surface area contributed by atoms with Crippen molar-refractivity contribution < 1.29 is 20.1 Å². The second kappa shape index (κ2) is 5.65. The van der Waals surface area contributed by atoms with Crippen LogP contribution in [-0.2, 0) is 4.74 Å². The summed E-state index contributed by atoms with van der Waals surface area (Å²) in [5.41, 5.74) is -0.339. The van der Waals surface area contributed by atoms with E-state index in [1.54, 1.807) is 6.08 Å². The number of amidine groups is 1. The van der Waals surface area contributed by atoms with Crippen molar-refractivity contribution in [2.75, 3.05) is 13.1 Å². The molecule has 112 valence electrons. The molecule has 0 bridgehead atoms. The van der Waals surface area contributed by atoms with E-state index in [4.69, 9.17) is 4.74 Å². The number of hydrogen-bond donors (Lipinski definition) is 3. The van der Waals surface area contributed by atoms with Crippen LogP contribution in [0.25, 0.3) is 0 Å². The molecule has 3 aliphatic heterocycles. The highest BCUT2D eigenvalue weighted by atomic mass is 32.2. The molecular formula is C13H20N2O4S. The van der Waals surface area contributed by atoms with Crippen molar-refractivity contribution in [3.05, 3.63) is 12.7 Å². The summed E-state index contributed by atoms with van der Waals surface area (Å²) in [6.07, 6.45) is -0.772. The van der Waals surface area contributed by atoms with E-state index in [-0.39, 0.29) is 5.44 Å². The lowest BCUT2D eigenvalue weighted by Gasteiger charge is -2.40. The largest absolute Gasteiger partial charge is 0.390 e. The Kier molecular flexibility index (Phi) is 4.05. The van der Waals surface area contributed by atoms with E-state index in [2.05, 4.69) is 16.5 Å².